The molecule has 0 bridgehead atoms. The lowest BCUT2D eigenvalue weighted by Crippen LogP contribution is -2.00. The highest BCUT2D eigenvalue weighted by atomic mass is 32.1. The number of hydrogen-bond donors (Lipinski definition) is 2. The van der Waals surface area contributed by atoms with Crippen molar-refractivity contribution in [3.63, 3.8) is 0 Å². The molecule has 4 heterocycles. The Morgan fingerprint density at radius 2 is 2.00 bits per heavy atom. The van der Waals surface area contributed by atoms with E-state index in [1.54, 1.807) is 24.7 Å². The molecule has 3 aromatic heterocycles. The molecule has 6 nitrogen and oxygen atoms in total. The van der Waals surface area contributed by atoms with Crippen molar-refractivity contribution in [3.8, 4) is 0 Å². The van der Waals surface area contributed by atoms with Crippen LogP contribution in [0.4, 0.5) is 11.4 Å². The van der Waals surface area contributed by atoms with Gasteiger partial charge >= 0.3 is 5.97 Å². The van der Waals surface area contributed by atoms with Gasteiger partial charge in [0.05, 0.1) is 17.4 Å². The van der Waals surface area contributed by atoms with Crippen LogP contribution in [-0.2, 0) is 0 Å². The molecule has 0 saturated heterocycles. The van der Waals surface area contributed by atoms with E-state index in [-0.39, 0.29) is 4.88 Å². The summed E-state index contributed by atoms with van der Waals surface area (Å²) in [6.45, 7) is 0. The van der Waals surface area contributed by atoms with E-state index in [4.69, 9.17) is 5.11 Å². The zero-order valence-corrected chi connectivity index (χ0v) is 11.5. The molecular formula is C14H10N4O2S. The van der Waals surface area contributed by atoms with Gasteiger partial charge in [0.2, 0.25) is 0 Å². The average Bonchev–Trinajstić information content (AvgIpc) is 2.92. The van der Waals surface area contributed by atoms with E-state index in [0.717, 1.165) is 22.4 Å². The lowest BCUT2D eigenvalue weighted by molar-refractivity contribution is 0.0703. The molecule has 0 atom stereocenters. The lowest BCUT2D eigenvalue weighted by atomic mass is 10.2. The second-order valence-electron chi connectivity index (χ2n) is 4.05. The Bertz CT molecular complexity index is 788. The number of carbonyl (C=O) groups is 1. The van der Waals surface area contributed by atoms with Crippen molar-refractivity contribution in [2.75, 3.05) is 5.32 Å². The number of anilines is 1. The van der Waals surface area contributed by atoms with Crippen LogP contribution < -0.4 is 5.32 Å². The molecule has 0 fully saturated rings. The van der Waals surface area contributed by atoms with Crippen LogP contribution in [0.5, 0.6) is 0 Å². The van der Waals surface area contributed by atoms with E-state index in [1.165, 1.54) is 6.34 Å². The van der Waals surface area contributed by atoms with Crippen LogP contribution >= 0.6 is 11.3 Å². The predicted molar refractivity (Wildman–Crippen MR) is 82.6 cm³/mol. The fraction of sp³-hybridized carbons (Fsp3) is 0. The van der Waals surface area contributed by atoms with Gasteiger partial charge in [-0.2, -0.15) is 0 Å². The van der Waals surface area contributed by atoms with Gasteiger partial charge < -0.3 is 10.4 Å². The molecule has 3 aromatic rings. The van der Waals surface area contributed by atoms with Crippen molar-refractivity contribution in [1.29, 1.82) is 0 Å². The Hall–Kier alpha value is -2.80. The topological polar surface area (TPSA) is 87.5 Å². The van der Waals surface area contributed by atoms with E-state index < -0.39 is 5.97 Å². The Kier molecular flexibility index (Phi) is 3.57. The summed E-state index contributed by atoms with van der Waals surface area (Å²) in [7, 11) is 0. The van der Waals surface area contributed by atoms with Crippen LogP contribution in [0.15, 0.2) is 47.8 Å². The summed E-state index contributed by atoms with van der Waals surface area (Å²) in [5.74, 6) is -0.960. The molecule has 1 aliphatic rings. The molecule has 0 radical (unpaired) electrons. The first kappa shape index (κ1) is 13.2. The maximum atomic E-state index is 11.0. The summed E-state index contributed by atoms with van der Waals surface area (Å²) in [4.78, 5) is 23.9. The molecule has 0 saturated carbocycles. The Morgan fingerprint density at radius 3 is 2.62 bits per heavy atom. The Morgan fingerprint density at radius 1 is 1.19 bits per heavy atom. The standard InChI is InChI=1S/C9H5N3O2S.C5H5N/c13-9(14)7-6-5-4(11-3-12-6)1-2-10-8(5)15-7;1-2-4-6-5-3-1/h1-3H,(H,11,12)(H,13,14);1-5H. The summed E-state index contributed by atoms with van der Waals surface area (Å²) >= 11 is 1.15. The fourth-order valence-corrected chi connectivity index (χ4v) is 2.83. The number of nitrogens with zero attached hydrogens (tertiary/aromatic N) is 3. The van der Waals surface area contributed by atoms with Crippen molar-refractivity contribution in [2.45, 2.75) is 0 Å². The van der Waals surface area contributed by atoms with Crippen LogP contribution in [-0.4, -0.2) is 27.4 Å². The van der Waals surface area contributed by atoms with Crippen LogP contribution in [0.3, 0.4) is 0 Å². The third-order valence-corrected chi connectivity index (χ3v) is 3.82. The van der Waals surface area contributed by atoms with Gasteiger partial charge in [-0.15, -0.1) is 11.3 Å². The normalized spacial score (nSPS) is 11.4. The van der Waals surface area contributed by atoms with Crippen molar-refractivity contribution in [2.24, 2.45) is 4.99 Å². The number of rotatable bonds is 1. The van der Waals surface area contributed by atoms with Crippen molar-refractivity contribution < 1.29 is 9.90 Å². The Labute approximate surface area is 123 Å². The molecular weight excluding hydrogens is 288 g/mol. The van der Waals surface area contributed by atoms with E-state index in [2.05, 4.69) is 20.3 Å². The van der Waals surface area contributed by atoms with Gasteiger partial charge in [0.1, 0.15) is 15.4 Å². The molecule has 0 spiro atoms. The summed E-state index contributed by atoms with van der Waals surface area (Å²) in [6, 6.07) is 7.52. The summed E-state index contributed by atoms with van der Waals surface area (Å²) in [5, 5.41) is 12.8. The van der Waals surface area contributed by atoms with Gasteiger partial charge in [-0.25, -0.2) is 14.8 Å². The second-order valence-corrected chi connectivity index (χ2v) is 5.05. The van der Waals surface area contributed by atoms with Gasteiger partial charge in [0.25, 0.3) is 0 Å². The zero-order valence-electron chi connectivity index (χ0n) is 10.7. The highest BCUT2D eigenvalue weighted by molar-refractivity contribution is 7.21. The van der Waals surface area contributed by atoms with Crippen LogP contribution in [0.1, 0.15) is 9.67 Å². The number of thiophene rings is 1. The van der Waals surface area contributed by atoms with Gasteiger partial charge in [0, 0.05) is 18.6 Å². The third-order valence-electron chi connectivity index (χ3n) is 2.74. The molecule has 7 heteroatoms. The van der Waals surface area contributed by atoms with E-state index in [0.29, 0.717) is 10.5 Å². The Balaban J connectivity index is 0.000000186. The minimum absolute atomic E-state index is 0.239. The number of hydrogen-bond acceptors (Lipinski definition) is 6. The number of nitrogens with one attached hydrogen (secondary N) is 1. The lowest BCUT2D eigenvalue weighted by Gasteiger charge is -2.07. The number of aromatic nitrogens is 2. The number of pyridine rings is 2. The maximum absolute atomic E-state index is 11.0. The number of aliphatic imine (C=N–C) groups is 1. The smallest absolute Gasteiger partial charge is 0.348 e. The minimum Gasteiger partial charge on any atom is -0.477 e. The van der Waals surface area contributed by atoms with Crippen molar-refractivity contribution in [1.82, 2.24) is 9.97 Å². The van der Waals surface area contributed by atoms with Crippen LogP contribution in [0, 0.1) is 0 Å². The molecule has 104 valence electrons. The predicted octanol–water partition coefficient (Wildman–Crippen LogP) is 3.16. The van der Waals surface area contributed by atoms with Crippen LogP contribution in [0.2, 0.25) is 0 Å². The molecule has 0 aliphatic carbocycles. The van der Waals surface area contributed by atoms with Crippen molar-refractivity contribution in [3.05, 3.63) is 47.7 Å². The van der Waals surface area contributed by atoms with Crippen LogP contribution in [0.25, 0.3) is 10.2 Å². The van der Waals surface area contributed by atoms with Gasteiger partial charge in [-0.3, -0.25) is 4.98 Å². The molecule has 21 heavy (non-hydrogen) atoms. The van der Waals surface area contributed by atoms with Gasteiger partial charge in [0.15, 0.2) is 0 Å². The number of aromatic carboxylic acids is 1. The summed E-state index contributed by atoms with van der Waals surface area (Å²) in [6.07, 6.45) is 6.64. The number of carboxylic acid groups (broad SMARTS) is 1. The minimum atomic E-state index is -0.960. The average molecular weight is 298 g/mol. The monoisotopic (exact) mass is 298 g/mol. The first-order valence-electron chi connectivity index (χ1n) is 6.06. The molecule has 0 amide bonds. The highest BCUT2D eigenvalue weighted by Gasteiger charge is 2.21. The molecule has 2 N–H and O–H groups in total. The molecule has 4 rings (SSSR count). The first-order chi connectivity index (χ1) is 10.3. The highest BCUT2D eigenvalue weighted by Crippen LogP contribution is 2.42. The molecule has 0 aromatic carbocycles. The number of carboxylic acids is 1. The van der Waals surface area contributed by atoms with Gasteiger partial charge in [-0.1, -0.05) is 6.07 Å². The van der Waals surface area contributed by atoms with E-state index in [1.807, 2.05) is 18.2 Å². The summed E-state index contributed by atoms with van der Waals surface area (Å²) < 4.78 is 0. The van der Waals surface area contributed by atoms with Gasteiger partial charge in [-0.05, 0) is 18.2 Å². The SMILES string of the molecule is O=C(O)c1sc2nccc3c2c1N=CN3.c1ccncc1. The van der Waals surface area contributed by atoms with E-state index >= 15 is 0 Å². The quantitative estimate of drug-likeness (QED) is 0.720. The third kappa shape index (κ3) is 2.59. The maximum Gasteiger partial charge on any atom is 0.348 e. The second kappa shape index (κ2) is 5.68. The zero-order chi connectivity index (χ0) is 14.7. The summed E-state index contributed by atoms with van der Waals surface area (Å²) in [5.41, 5.74) is 1.36. The van der Waals surface area contributed by atoms with E-state index in [9.17, 15) is 4.79 Å². The van der Waals surface area contributed by atoms with Crippen molar-refractivity contribution >= 4 is 45.2 Å². The molecule has 0 unspecified atom stereocenters. The fourth-order valence-electron chi connectivity index (χ4n) is 1.87. The largest absolute Gasteiger partial charge is 0.477 e. The molecule has 1 aliphatic heterocycles. The first-order valence-corrected chi connectivity index (χ1v) is 6.88.